The summed E-state index contributed by atoms with van der Waals surface area (Å²) >= 11 is 0. The Hall–Kier alpha value is -7.33. The third-order valence-corrected chi connectivity index (χ3v) is 12.7. The van der Waals surface area contributed by atoms with Gasteiger partial charge in [-0.15, -0.1) is 0 Å². The Morgan fingerprint density at radius 3 is 2.16 bits per heavy atom. The molecule has 0 aliphatic carbocycles. The maximum atomic E-state index is 15.1. The van der Waals surface area contributed by atoms with Gasteiger partial charge in [-0.3, -0.25) is 38.4 Å². The molecule has 1 aromatic heterocycles. The zero-order valence-corrected chi connectivity index (χ0v) is 44.0. The highest BCUT2D eigenvalue weighted by molar-refractivity contribution is 6.04. The molecule has 9 N–H and O–H groups in total. The molecule has 414 valence electrons. The maximum Gasteiger partial charge on any atom is 0.326 e. The Kier molecular flexibility index (Phi) is 23.4. The van der Waals surface area contributed by atoms with E-state index in [0.717, 1.165) is 23.8 Å². The fourth-order valence-electron chi connectivity index (χ4n) is 8.64. The van der Waals surface area contributed by atoms with Gasteiger partial charge in [-0.2, -0.15) is 0 Å². The Labute approximate surface area is 441 Å². The third kappa shape index (κ3) is 18.8. The highest BCUT2D eigenvalue weighted by atomic mass is 19.1. The van der Waals surface area contributed by atoms with E-state index in [-0.39, 0.29) is 75.0 Å². The van der Waals surface area contributed by atoms with Crippen LogP contribution in [-0.4, -0.2) is 141 Å². The summed E-state index contributed by atoms with van der Waals surface area (Å²) in [4.78, 5) is 117. The number of amides is 7. The minimum Gasteiger partial charge on any atom is -0.480 e. The zero-order chi connectivity index (χ0) is 56.3. The van der Waals surface area contributed by atoms with Crippen molar-refractivity contribution < 1.29 is 62.1 Å². The first kappa shape index (κ1) is 61.2. The van der Waals surface area contributed by atoms with E-state index in [4.69, 9.17) is 5.73 Å². The van der Waals surface area contributed by atoms with Gasteiger partial charge in [0, 0.05) is 74.7 Å². The molecule has 1 aliphatic rings. The number of hydrogen-bond donors (Lipinski definition) is 8. The molecule has 76 heavy (non-hydrogen) atoms. The van der Waals surface area contributed by atoms with Gasteiger partial charge in [-0.1, -0.05) is 71.4 Å². The highest BCUT2D eigenvalue weighted by Crippen LogP contribution is 2.41. The van der Waals surface area contributed by atoms with Gasteiger partial charge in [0.1, 0.15) is 36.4 Å². The smallest absolute Gasteiger partial charge is 0.326 e. The number of nitrogens with one attached hydrogen (secondary N) is 5. The van der Waals surface area contributed by atoms with Crippen molar-refractivity contribution in [2.45, 2.75) is 123 Å². The maximum absolute atomic E-state index is 15.1. The number of aliphatic hydroxyl groups excluding tert-OH is 1. The molecule has 1 aliphatic heterocycles. The summed E-state index contributed by atoms with van der Waals surface area (Å²) in [5.74, 6) is -7.27. The number of nitrogens with zero attached hydrogens (tertiary/aromatic N) is 3. The summed E-state index contributed by atoms with van der Waals surface area (Å²) in [6.07, 6.45) is 5.16. The van der Waals surface area contributed by atoms with Gasteiger partial charge in [0.15, 0.2) is 5.78 Å². The standard InChI is InChI=1S/C54H73F2N9O11/c1-33(2)48(62-45(69)15-11-8-12-25-63-31-38(67)17-21-46(63)70)52(74)60-34(3)50(72)61-42(53(75)76)19-20-44(68)58-23-24-59-51(73)41(57)22-26-65(47(71)32-66)49(54(4,5)6)43-27-36(39-28-37(55)16-18-40(39)56)30-64(43)29-35-13-9-7-10-14-35/h7,9-10,13-14,16-18,21,27-28,30,33-34,41-42,48-49,66H,8,11-12,15,19-20,22-26,29,31-32,57H2,1-6H3,(H,58,68)(H,59,73)(H,60,74)(H,61,72)(H,62,69)(H,75,76)/t34-,41-,42-,48-,49-/m0/s1. The predicted molar refractivity (Wildman–Crippen MR) is 277 cm³/mol. The molecule has 0 radical (unpaired) electrons. The van der Waals surface area contributed by atoms with E-state index in [2.05, 4.69) is 26.6 Å². The minimum absolute atomic E-state index is 0.0179. The first-order valence-corrected chi connectivity index (χ1v) is 25.4. The van der Waals surface area contributed by atoms with Crippen LogP contribution >= 0.6 is 0 Å². The van der Waals surface area contributed by atoms with Crippen molar-refractivity contribution in [3.05, 3.63) is 95.8 Å². The number of rotatable bonds is 29. The lowest BCUT2D eigenvalue weighted by Crippen LogP contribution is -2.56. The summed E-state index contributed by atoms with van der Waals surface area (Å²) in [7, 11) is 0. The molecule has 0 spiro atoms. The van der Waals surface area contributed by atoms with Crippen molar-refractivity contribution in [2.75, 3.05) is 39.3 Å². The molecule has 0 bridgehead atoms. The average molecular weight is 1060 g/mol. The quantitative estimate of drug-likeness (QED) is 0.0466. The van der Waals surface area contributed by atoms with Crippen molar-refractivity contribution in [1.82, 2.24) is 41.0 Å². The van der Waals surface area contributed by atoms with Gasteiger partial charge in [0.25, 0.3) is 0 Å². The van der Waals surface area contributed by atoms with Crippen molar-refractivity contribution in [1.29, 1.82) is 0 Å². The van der Waals surface area contributed by atoms with Crippen LogP contribution in [0.1, 0.15) is 104 Å². The van der Waals surface area contributed by atoms with Gasteiger partial charge in [-0.25, -0.2) is 13.6 Å². The number of aromatic nitrogens is 1. The first-order valence-electron chi connectivity index (χ1n) is 25.4. The van der Waals surface area contributed by atoms with Crippen LogP contribution in [0.15, 0.2) is 72.9 Å². The lowest BCUT2D eigenvalue weighted by Gasteiger charge is -2.41. The number of nitrogens with two attached hydrogens (primary N) is 1. The predicted octanol–water partition coefficient (Wildman–Crippen LogP) is 2.86. The molecule has 0 unspecified atom stereocenters. The van der Waals surface area contributed by atoms with E-state index in [1.807, 2.05) is 55.7 Å². The fraction of sp³-hybridized carbons (Fsp3) is 0.500. The largest absolute Gasteiger partial charge is 0.480 e. The van der Waals surface area contributed by atoms with Crippen LogP contribution in [0.2, 0.25) is 0 Å². The topological polar surface area (TPSA) is 292 Å². The van der Waals surface area contributed by atoms with Crippen molar-refractivity contribution in [3.63, 3.8) is 0 Å². The summed E-state index contributed by atoms with van der Waals surface area (Å²) in [5.41, 5.74) is 7.43. The fourth-order valence-corrected chi connectivity index (χ4v) is 8.64. The van der Waals surface area contributed by atoms with Crippen molar-refractivity contribution in [2.24, 2.45) is 17.1 Å². The number of carbonyl (C=O) groups excluding carboxylic acids is 8. The molecule has 0 saturated carbocycles. The molecule has 5 atom stereocenters. The Morgan fingerprint density at radius 1 is 0.803 bits per heavy atom. The molecule has 20 nitrogen and oxygen atoms in total. The number of halogens is 2. The number of benzene rings is 2. The van der Waals surface area contributed by atoms with Crippen molar-refractivity contribution >= 4 is 53.1 Å². The Balaban J connectivity index is 1.25. The van der Waals surface area contributed by atoms with Crippen LogP contribution in [0.3, 0.4) is 0 Å². The number of carbonyl (C=O) groups is 9. The number of ketones is 1. The van der Waals surface area contributed by atoms with E-state index in [0.29, 0.717) is 43.6 Å². The normalized spacial score (nSPS) is 14.5. The molecule has 22 heteroatoms. The van der Waals surface area contributed by atoms with E-state index < -0.39 is 95.3 Å². The van der Waals surface area contributed by atoms with E-state index in [1.54, 1.807) is 26.1 Å². The number of carboxylic acid groups (broad SMARTS) is 1. The van der Waals surface area contributed by atoms with Gasteiger partial charge in [0.05, 0.1) is 18.6 Å². The number of hydrogen-bond acceptors (Lipinski definition) is 11. The van der Waals surface area contributed by atoms with Crippen LogP contribution in [0.5, 0.6) is 0 Å². The van der Waals surface area contributed by atoms with E-state index >= 15 is 4.39 Å². The first-order chi connectivity index (χ1) is 35.9. The Bertz CT molecular complexity index is 2570. The van der Waals surface area contributed by atoms with Gasteiger partial charge in [-0.05, 0) is 79.8 Å². The molecule has 2 heterocycles. The number of carboxylic acids is 1. The van der Waals surface area contributed by atoms with E-state index in [1.165, 1.54) is 28.9 Å². The molecule has 0 fully saturated rings. The molecular formula is C54H73F2N9O11. The second-order valence-electron chi connectivity index (χ2n) is 20.3. The van der Waals surface area contributed by atoms with Gasteiger partial charge >= 0.3 is 5.97 Å². The molecule has 2 aromatic carbocycles. The second kappa shape index (κ2) is 29.1. The average Bonchev–Trinajstić information content (AvgIpc) is 3.77. The molecule has 0 saturated heterocycles. The number of aliphatic hydroxyl groups is 1. The summed E-state index contributed by atoms with van der Waals surface area (Å²) in [6, 6.07) is 8.56. The lowest BCUT2D eigenvalue weighted by atomic mass is 9.82. The highest BCUT2D eigenvalue weighted by Gasteiger charge is 2.38. The summed E-state index contributed by atoms with van der Waals surface area (Å²) < 4.78 is 31.4. The van der Waals surface area contributed by atoms with Crippen LogP contribution in [0.4, 0.5) is 8.78 Å². The van der Waals surface area contributed by atoms with Crippen LogP contribution in [0.25, 0.3) is 11.1 Å². The molecule has 4 rings (SSSR count). The van der Waals surface area contributed by atoms with Crippen molar-refractivity contribution in [3.8, 4) is 11.1 Å². The number of aliphatic carboxylic acids is 1. The second-order valence-corrected chi connectivity index (χ2v) is 20.3. The minimum atomic E-state index is -1.51. The molecule has 3 aromatic rings. The zero-order valence-electron chi connectivity index (χ0n) is 44.0. The molecular weight excluding hydrogens is 989 g/mol. The summed E-state index contributed by atoms with van der Waals surface area (Å²) in [6.45, 7) is 9.98. The molecule has 7 amide bonds. The SMILES string of the molecule is CC(C)[C@H](NC(=O)CCCCCN1CC(=O)C=CC1=O)C(=O)N[C@@H](C)C(=O)N[C@@H](CCC(=O)NCCNC(=O)[C@@H](N)CCN(C(=O)CO)[C@@H](c1cc(-c2cc(F)ccc2F)cn1Cc1ccccc1)C(C)(C)C)C(=O)O. The van der Waals surface area contributed by atoms with Gasteiger partial charge < -0.3 is 56.9 Å². The van der Waals surface area contributed by atoms with Crippen LogP contribution in [-0.2, 0) is 49.7 Å². The lowest BCUT2D eigenvalue weighted by molar-refractivity contribution is -0.142. The van der Waals surface area contributed by atoms with Crippen LogP contribution in [0, 0.1) is 23.0 Å². The monoisotopic (exact) mass is 1060 g/mol. The van der Waals surface area contributed by atoms with E-state index in [9.17, 15) is 57.8 Å². The summed E-state index contributed by atoms with van der Waals surface area (Å²) in [5, 5.41) is 32.7. The number of unbranched alkanes of at least 4 members (excludes halogenated alkanes) is 2. The van der Waals surface area contributed by atoms with Crippen LogP contribution < -0.4 is 32.3 Å². The van der Waals surface area contributed by atoms with Gasteiger partial charge in [0.2, 0.25) is 41.4 Å². The Morgan fingerprint density at radius 2 is 1.50 bits per heavy atom. The third-order valence-electron chi connectivity index (χ3n) is 12.7.